The summed E-state index contributed by atoms with van der Waals surface area (Å²) in [6.45, 7) is 0.793. The molecular weight excluding hydrogens is 332 g/mol. The zero-order valence-electron chi connectivity index (χ0n) is 11.5. The highest BCUT2D eigenvalue weighted by atomic mass is 32.2. The van der Waals surface area contributed by atoms with E-state index in [0.29, 0.717) is 16.8 Å². The number of sulfone groups is 1. The molecule has 3 rings (SSSR count). The maximum atomic E-state index is 12.5. The molecule has 0 unspecified atom stereocenters. The summed E-state index contributed by atoms with van der Waals surface area (Å²) in [6, 6.07) is 2.27. The summed E-state index contributed by atoms with van der Waals surface area (Å²) in [4.78, 5) is 0. The summed E-state index contributed by atoms with van der Waals surface area (Å²) in [5.41, 5.74) is 0.968. The predicted octanol–water partition coefficient (Wildman–Crippen LogP) is 0.419. The average molecular weight is 350 g/mol. The molecule has 2 heterocycles. The van der Waals surface area contributed by atoms with Gasteiger partial charge in [-0.25, -0.2) is 16.8 Å². The number of hydrogen-bond donors (Lipinski definition) is 1. The third-order valence-corrected chi connectivity index (χ3v) is 8.67. The lowest BCUT2D eigenvalue weighted by atomic mass is 10.3. The van der Waals surface area contributed by atoms with Crippen LogP contribution >= 0.6 is 11.3 Å². The summed E-state index contributed by atoms with van der Waals surface area (Å²) < 4.78 is 49.3. The Morgan fingerprint density at radius 2 is 1.95 bits per heavy atom. The fraction of sp³-hybridized carbons (Fsp3) is 0.667. The Labute approximate surface area is 129 Å². The molecular formula is C12H18N2O4S3. The molecule has 1 aliphatic heterocycles. The molecule has 118 valence electrons. The Bertz CT molecular complexity index is 705. The van der Waals surface area contributed by atoms with Crippen LogP contribution in [0.4, 0.5) is 0 Å². The van der Waals surface area contributed by atoms with Gasteiger partial charge in [-0.1, -0.05) is 0 Å². The van der Waals surface area contributed by atoms with Crippen LogP contribution in [0.15, 0.2) is 15.7 Å². The van der Waals surface area contributed by atoms with Crippen molar-refractivity contribution in [2.45, 2.75) is 29.6 Å². The minimum absolute atomic E-state index is 0.0538. The van der Waals surface area contributed by atoms with Crippen molar-refractivity contribution in [2.75, 3.05) is 24.6 Å². The molecule has 0 radical (unpaired) electrons. The normalized spacial score (nSPS) is 23.2. The Balaban J connectivity index is 1.69. The lowest BCUT2D eigenvalue weighted by Crippen LogP contribution is -2.43. The van der Waals surface area contributed by atoms with E-state index in [9.17, 15) is 16.8 Å². The van der Waals surface area contributed by atoms with Crippen molar-refractivity contribution in [1.29, 1.82) is 0 Å². The summed E-state index contributed by atoms with van der Waals surface area (Å²) in [5.74, 6) is -0.179. The van der Waals surface area contributed by atoms with Crippen LogP contribution in [0.2, 0.25) is 0 Å². The van der Waals surface area contributed by atoms with Crippen LogP contribution in [0.25, 0.3) is 0 Å². The van der Waals surface area contributed by atoms with E-state index in [4.69, 9.17) is 0 Å². The van der Waals surface area contributed by atoms with Gasteiger partial charge in [0.1, 0.15) is 4.21 Å². The van der Waals surface area contributed by atoms with Gasteiger partial charge in [-0.3, -0.25) is 0 Å². The molecule has 6 nitrogen and oxygen atoms in total. The van der Waals surface area contributed by atoms with Gasteiger partial charge in [0.25, 0.3) is 10.0 Å². The monoisotopic (exact) mass is 350 g/mol. The van der Waals surface area contributed by atoms with E-state index in [0.717, 1.165) is 5.56 Å². The number of rotatable bonds is 5. The topological polar surface area (TPSA) is 83.6 Å². The van der Waals surface area contributed by atoms with Crippen molar-refractivity contribution >= 4 is 31.2 Å². The molecule has 2 fully saturated rings. The van der Waals surface area contributed by atoms with E-state index in [1.807, 2.05) is 5.38 Å². The third kappa shape index (κ3) is 3.65. The van der Waals surface area contributed by atoms with Gasteiger partial charge in [0.05, 0.1) is 11.5 Å². The van der Waals surface area contributed by atoms with Crippen LogP contribution in [0.3, 0.4) is 0 Å². The average Bonchev–Trinajstić information content (AvgIpc) is 3.12. The number of hydrogen-bond acceptors (Lipinski definition) is 6. The molecule has 0 spiro atoms. The maximum Gasteiger partial charge on any atom is 0.252 e. The largest absolute Gasteiger partial charge is 0.310 e. The van der Waals surface area contributed by atoms with Gasteiger partial charge in [0.2, 0.25) is 0 Å². The first-order chi connectivity index (χ1) is 9.87. The lowest BCUT2D eigenvalue weighted by Gasteiger charge is -2.25. The van der Waals surface area contributed by atoms with Crippen LogP contribution in [-0.4, -0.2) is 51.8 Å². The molecule has 0 bridgehead atoms. The first-order valence-corrected chi connectivity index (χ1v) is 11.0. The zero-order valence-corrected chi connectivity index (χ0v) is 13.9. The minimum Gasteiger partial charge on any atom is -0.310 e. The van der Waals surface area contributed by atoms with Crippen LogP contribution in [0.1, 0.15) is 18.4 Å². The van der Waals surface area contributed by atoms with Gasteiger partial charge >= 0.3 is 0 Å². The van der Waals surface area contributed by atoms with Crippen LogP contribution < -0.4 is 5.32 Å². The van der Waals surface area contributed by atoms with Crippen molar-refractivity contribution in [3.8, 4) is 0 Å². The summed E-state index contributed by atoms with van der Waals surface area (Å²) >= 11 is 1.20. The molecule has 1 aromatic heterocycles. The Hall–Kier alpha value is -0.480. The number of nitrogens with zero attached hydrogens (tertiary/aromatic N) is 1. The van der Waals surface area contributed by atoms with Crippen molar-refractivity contribution < 1.29 is 16.8 Å². The maximum absolute atomic E-state index is 12.5. The van der Waals surface area contributed by atoms with Gasteiger partial charge in [-0.15, -0.1) is 11.3 Å². The van der Waals surface area contributed by atoms with Gasteiger partial charge in [-0.05, 0) is 29.9 Å². The lowest BCUT2D eigenvalue weighted by molar-refractivity contribution is 0.432. The Kier molecular flexibility index (Phi) is 4.12. The molecule has 0 aromatic carbocycles. The summed E-state index contributed by atoms with van der Waals surface area (Å²) in [5, 5.41) is 5.20. The molecule has 1 saturated heterocycles. The summed E-state index contributed by atoms with van der Waals surface area (Å²) in [6.07, 6.45) is 2.38. The fourth-order valence-electron chi connectivity index (χ4n) is 2.19. The summed E-state index contributed by atoms with van der Waals surface area (Å²) in [7, 11) is -6.63. The smallest absolute Gasteiger partial charge is 0.252 e. The van der Waals surface area contributed by atoms with Crippen LogP contribution in [0, 0.1) is 0 Å². The van der Waals surface area contributed by atoms with E-state index < -0.39 is 19.9 Å². The first-order valence-electron chi connectivity index (χ1n) is 6.88. The van der Waals surface area contributed by atoms with E-state index in [1.54, 1.807) is 6.07 Å². The number of nitrogens with one attached hydrogen (secondary N) is 1. The number of sulfonamides is 1. The molecule has 0 atom stereocenters. The molecule has 1 aromatic rings. The zero-order chi connectivity index (χ0) is 15.1. The van der Waals surface area contributed by atoms with Gasteiger partial charge in [0.15, 0.2) is 9.84 Å². The highest BCUT2D eigenvalue weighted by Crippen LogP contribution is 2.26. The highest BCUT2D eigenvalue weighted by Gasteiger charge is 2.32. The number of thiophene rings is 1. The quantitative estimate of drug-likeness (QED) is 0.832. The van der Waals surface area contributed by atoms with Crippen molar-refractivity contribution in [1.82, 2.24) is 9.62 Å². The second-order valence-corrected chi connectivity index (χ2v) is 10.9. The molecule has 0 amide bonds. The molecule has 1 aliphatic carbocycles. The van der Waals surface area contributed by atoms with E-state index >= 15 is 0 Å². The van der Waals surface area contributed by atoms with Gasteiger partial charge in [0, 0.05) is 25.7 Å². The van der Waals surface area contributed by atoms with Gasteiger partial charge in [-0.2, -0.15) is 4.31 Å². The third-order valence-electron chi connectivity index (χ3n) is 3.70. The Morgan fingerprint density at radius 1 is 1.29 bits per heavy atom. The second kappa shape index (κ2) is 5.62. The second-order valence-electron chi connectivity index (χ2n) is 5.49. The van der Waals surface area contributed by atoms with Crippen molar-refractivity contribution in [2.24, 2.45) is 0 Å². The SMILES string of the molecule is O=S1(=O)CCN(S(=O)(=O)c2cc(CNC3CC3)cs2)CC1. The fourth-order valence-corrected chi connectivity index (χ4v) is 6.43. The minimum atomic E-state index is -3.55. The molecule has 1 N–H and O–H groups in total. The molecule has 21 heavy (non-hydrogen) atoms. The Morgan fingerprint density at radius 3 is 2.57 bits per heavy atom. The van der Waals surface area contributed by atoms with E-state index in [2.05, 4.69) is 5.32 Å². The standard InChI is InChI=1S/C12H18N2O4S3/c15-20(16)5-3-14(4-6-20)21(17,18)12-7-10(9-19-12)8-13-11-1-2-11/h7,9,11,13H,1-6,8H2. The highest BCUT2D eigenvalue weighted by molar-refractivity contribution is 7.92. The van der Waals surface area contributed by atoms with E-state index in [1.165, 1.54) is 28.5 Å². The first kappa shape index (κ1) is 15.4. The molecule has 2 aliphatic rings. The van der Waals surface area contributed by atoms with E-state index in [-0.39, 0.29) is 24.6 Å². The van der Waals surface area contributed by atoms with Crippen molar-refractivity contribution in [3.05, 3.63) is 17.0 Å². The van der Waals surface area contributed by atoms with Crippen molar-refractivity contribution in [3.63, 3.8) is 0 Å². The predicted molar refractivity (Wildman–Crippen MR) is 81.6 cm³/mol. The van der Waals surface area contributed by atoms with Crippen LogP contribution in [0.5, 0.6) is 0 Å². The van der Waals surface area contributed by atoms with Crippen LogP contribution in [-0.2, 0) is 26.4 Å². The molecule has 9 heteroatoms. The molecule has 1 saturated carbocycles. The van der Waals surface area contributed by atoms with Gasteiger partial charge < -0.3 is 5.32 Å².